The first kappa shape index (κ1) is 38.6. The van der Waals surface area contributed by atoms with E-state index in [1.165, 1.54) is 38.5 Å². The second-order valence-corrected chi connectivity index (χ2v) is 10.4. The van der Waals surface area contributed by atoms with Crippen LogP contribution in [0.5, 0.6) is 0 Å². The minimum absolute atomic E-state index is 0.117. The van der Waals surface area contributed by atoms with Gasteiger partial charge in [0.05, 0.1) is 12.7 Å². The summed E-state index contributed by atoms with van der Waals surface area (Å²) in [5, 5.41) is 19.4. The largest absolute Gasteiger partial charge is 0.462 e. The van der Waals surface area contributed by atoms with Crippen LogP contribution >= 0.6 is 0 Å². The molecule has 41 heavy (non-hydrogen) atoms. The molecule has 0 bridgehead atoms. The zero-order valence-electron chi connectivity index (χ0n) is 25.9. The molecule has 0 aliphatic rings. The topological polar surface area (TPSA) is 93.1 Å². The molecule has 234 valence electrons. The van der Waals surface area contributed by atoms with E-state index in [4.69, 9.17) is 9.47 Å². The van der Waals surface area contributed by atoms with Crippen LogP contribution in [0.1, 0.15) is 123 Å². The zero-order valence-corrected chi connectivity index (χ0v) is 25.9. The van der Waals surface area contributed by atoms with Gasteiger partial charge >= 0.3 is 11.9 Å². The van der Waals surface area contributed by atoms with Gasteiger partial charge in [0.1, 0.15) is 6.61 Å². The summed E-state index contributed by atoms with van der Waals surface area (Å²) < 4.78 is 10.4. The van der Waals surface area contributed by atoms with Gasteiger partial charge in [-0.3, -0.25) is 9.59 Å². The Bertz CT molecular complexity index is 765. The molecule has 0 fully saturated rings. The van der Waals surface area contributed by atoms with E-state index < -0.39 is 12.2 Å². The molecule has 2 N–H and O–H groups in total. The van der Waals surface area contributed by atoms with E-state index in [-0.39, 0.29) is 31.6 Å². The van der Waals surface area contributed by atoms with Gasteiger partial charge in [0.25, 0.3) is 0 Å². The Balaban J connectivity index is 3.83. The lowest BCUT2D eigenvalue weighted by molar-refractivity contribution is -0.161. The van der Waals surface area contributed by atoms with Gasteiger partial charge in [0.2, 0.25) is 0 Å². The van der Waals surface area contributed by atoms with Crippen LogP contribution in [0.4, 0.5) is 0 Å². The van der Waals surface area contributed by atoms with Crippen molar-refractivity contribution in [3.05, 3.63) is 60.8 Å². The predicted octanol–water partition coefficient (Wildman–Crippen LogP) is 8.25. The minimum atomic E-state index is -0.809. The van der Waals surface area contributed by atoms with Crippen LogP contribution in [0.25, 0.3) is 0 Å². The molecule has 0 aromatic carbocycles. The number of esters is 2. The third kappa shape index (κ3) is 28.9. The number of allylic oxidation sites excluding steroid dienone is 8. The number of hydrogen-bond acceptors (Lipinski definition) is 6. The molecule has 0 aromatic heterocycles. The van der Waals surface area contributed by atoms with E-state index in [9.17, 15) is 19.8 Å². The highest BCUT2D eigenvalue weighted by molar-refractivity contribution is 5.70. The second-order valence-electron chi connectivity index (χ2n) is 10.4. The molecule has 0 spiro atoms. The fraction of sp³-hybridized carbons (Fsp3) is 0.657. The van der Waals surface area contributed by atoms with Crippen molar-refractivity contribution in [2.75, 3.05) is 13.2 Å². The van der Waals surface area contributed by atoms with Crippen molar-refractivity contribution in [3.8, 4) is 0 Å². The molecular formula is C35H58O6. The van der Waals surface area contributed by atoms with Crippen LogP contribution in [-0.2, 0) is 19.1 Å². The molecule has 6 heteroatoms. The first-order chi connectivity index (χ1) is 20.0. The summed E-state index contributed by atoms with van der Waals surface area (Å²) in [4.78, 5) is 24.0. The van der Waals surface area contributed by atoms with Crippen molar-refractivity contribution in [2.24, 2.45) is 0 Å². The molecule has 6 nitrogen and oxygen atoms in total. The molecule has 0 rings (SSSR count). The van der Waals surface area contributed by atoms with E-state index in [0.29, 0.717) is 19.3 Å². The molecule has 0 aliphatic heterocycles. The average molecular weight is 575 g/mol. The maximum absolute atomic E-state index is 12.0. The Kier molecular flexibility index (Phi) is 28.7. The summed E-state index contributed by atoms with van der Waals surface area (Å²) in [6, 6.07) is 0. The van der Waals surface area contributed by atoms with E-state index in [2.05, 4.69) is 32.1 Å². The fourth-order valence-corrected chi connectivity index (χ4v) is 3.97. The van der Waals surface area contributed by atoms with Crippen molar-refractivity contribution in [1.82, 2.24) is 0 Å². The number of rotatable bonds is 27. The summed E-state index contributed by atoms with van der Waals surface area (Å²) in [5.74, 6) is -0.709. The van der Waals surface area contributed by atoms with E-state index in [1.54, 1.807) is 6.08 Å². The van der Waals surface area contributed by atoms with Crippen LogP contribution in [0.3, 0.4) is 0 Å². The smallest absolute Gasteiger partial charge is 0.306 e. The number of aliphatic hydroxyl groups excluding tert-OH is 2. The average Bonchev–Trinajstić information content (AvgIpc) is 2.97. The lowest BCUT2D eigenvalue weighted by atomic mass is 10.1. The molecular weight excluding hydrogens is 516 g/mol. The van der Waals surface area contributed by atoms with Gasteiger partial charge in [0.15, 0.2) is 6.10 Å². The van der Waals surface area contributed by atoms with Crippen LogP contribution in [-0.4, -0.2) is 47.6 Å². The molecule has 0 amide bonds. The maximum Gasteiger partial charge on any atom is 0.306 e. The quantitative estimate of drug-likeness (QED) is 0.0444. The number of carbonyl (C=O) groups is 2. The van der Waals surface area contributed by atoms with E-state index >= 15 is 0 Å². The standard InChI is InChI=1S/C35H58O6/c1-3-5-7-9-11-12-17-21-25-29-35(39)41-33(30-36)31-40-34(38)28-24-20-16-14-13-15-19-23-27-32(37)26-22-18-10-8-6-4-2/h6,8,14-16,18-19,22-23,27,32-33,36-37H,3-5,7,9-13,17,20-21,24-26,28-31H2,1-2H3/b8-6-,16-14-,19-15-,22-18-,27-23+/t32?,33-/m0/s1. The van der Waals surface area contributed by atoms with Crippen molar-refractivity contribution in [2.45, 2.75) is 135 Å². The van der Waals surface area contributed by atoms with Crippen molar-refractivity contribution in [3.63, 3.8) is 0 Å². The number of unbranched alkanes of at least 4 members (excludes halogenated alkanes) is 9. The molecule has 0 saturated heterocycles. The molecule has 0 heterocycles. The Morgan fingerprint density at radius 3 is 2.05 bits per heavy atom. The Morgan fingerprint density at radius 2 is 1.34 bits per heavy atom. The summed E-state index contributed by atoms with van der Waals surface area (Å²) in [6.07, 6.45) is 34.5. The molecule has 2 atom stereocenters. The number of carbonyl (C=O) groups excluding carboxylic acids is 2. The van der Waals surface area contributed by atoms with Gasteiger partial charge in [-0.1, -0.05) is 126 Å². The van der Waals surface area contributed by atoms with Gasteiger partial charge in [-0.15, -0.1) is 0 Å². The van der Waals surface area contributed by atoms with Crippen LogP contribution in [0, 0.1) is 0 Å². The summed E-state index contributed by atoms with van der Waals surface area (Å²) in [5.41, 5.74) is 0. The summed E-state index contributed by atoms with van der Waals surface area (Å²) >= 11 is 0. The maximum atomic E-state index is 12.0. The Morgan fingerprint density at radius 1 is 0.707 bits per heavy atom. The first-order valence-corrected chi connectivity index (χ1v) is 16.0. The van der Waals surface area contributed by atoms with Crippen LogP contribution < -0.4 is 0 Å². The second kappa shape index (κ2) is 30.5. The fourth-order valence-electron chi connectivity index (χ4n) is 3.97. The molecule has 1 unspecified atom stereocenters. The lowest BCUT2D eigenvalue weighted by Gasteiger charge is -2.15. The third-order valence-corrected chi connectivity index (χ3v) is 6.41. The van der Waals surface area contributed by atoms with Gasteiger partial charge in [-0.2, -0.15) is 0 Å². The third-order valence-electron chi connectivity index (χ3n) is 6.41. The Labute approximate surface area is 250 Å². The highest BCUT2D eigenvalue weighted by Gasteiger charge is 2.15. The zero-order chi connectivity index (χ0) is 30.2. The molecule has 0 aliphatic carbocycles. The van der Waals surface area contributed by atoms with Gasteiger partial charge in [-0.05, 0) is 44.9 Å². The molecule has 0 aromatic rings. The number of hydrogen-bond donors (Lipinski definition) is 2. The van der Waals surface area contributed by atoms with E-state index in [0.717, 1.165) is 44.9 Å². The SMILES string of the molecule is CC/C=C\C/C=C\CC(O)/C=C/C=C\C/C=C\CCCC(=O)OC[C@H](CO)OC(=O)CCCCCCCCCCC. The predicted molar refractivity (Wildman–Crippen MR) is 169 cm³/mol. The van der Waals surface area contributed by atoms with Crippen molar-refractivity contribution < 1.29 is 29.3 Å². The summed E-state index contributed by atoms with van der Waals surface area (Å²) in [7, 11) is 0. The van der Waals surface area contributed by atoms with Crippen LogP contribution in [0.2, 0.25) is 0 Å². The monoisotopic (exact) mass is 574 g/mol. The van der Waals surface area contributed by atoms with Gasteiger partial charge < -0.3 is 19.7 Å². The van der Waals surface area contributed by atoms with E-state index in [1.807, 2.05) is 36.5 Å². The van der Waals surface area contributed by atoms with Crippen molar-refractivity contribution >= 4 is 11.9 Å². The lowest BCUT2D eigenvalue weighted by Crippen LogP contribution is -2.28. The highest BCUT2D eigenvalue weighted by Crippen LogP contribution is 2.11. The van der Waals surface area contributed by atoms with Crippen LogP contribution in [0.15, 0.2) is 60.8 Å². The normalized spacial score (nSPS) is 13.8. The van der Waals surface area contributed by atoms with Gasteiger partial charge in [0, 0.05) is 12.8 Å². The number of aliphatic hydroxyl groups is 2. The summed E-state index contributed by atoms with van der Waals surface area (Å²) in [6.45, 7) is 3.84. The first-order valence-electron chi connectivity index (χ1n) is 16.0. The van der Waals surface area contributed by atoms with Crippen molar-refractivity contribution in [1.29, 1.82) is 0 Å². The molecule has 0 radical (unpaired) electrons. The molecule has 0 saturated carbocycles. The van der Waals surface area contributed by atoms with Gasteiger partial charge in [-0.25, -0.2) is 0 Å². The minimum Gasteiger partial charge on any atom is -0.462 e. The number of ether oxygens (including phenoxy) is 2. The highest BCUT2D eigenvalue weighted by atomic mass is 16.6. The Hall–Kier alpha value is -2.44.